The second-order valence-corrected chi connectivity index (χ2v) is 10.9. The lowest BCUT2D eigenvalue weighted by Crippen LogP contribution is -2.40. The van der Waals surface area contributed by atoms with E-state index in [4.69, 9.17) is 47.4 Å². The molecule has 43 heavy (non-hydrogen) atoms. The molecule has 1 aliphatic rings. The second kappa shape index (κ2) is 14.0. The third-order valence-electron chi connectivity index (χ3n) is 7.45. The van der Waals surface area contributed by atoms with Crippen LogP contribution in [0.3, 0.4) is 0 Å². The smallest absolute Gasteiger partial charge is 0.223 e. The number of nitrogens with one attached hydrogen (secondary N) is 2. The molecule has 3 heterocycles. The van der Waals surface area contributed by atoms with E-state index >= 15 is 0 Å². The van der Waals surface area contributed by atoms with Crippen LogP contribution in [0.15, 0.2) is 61.3 Å². The van der Waals surface area contributed by atoms with Crippen LogP contribution in [-0.4, -0.2) is 60.8 Å². The largest absolute Gasteiger partial charge is 0.495 e. The number of anilines is 2. The lowest BCUT2D eigenvalue weighted by atomic mass is 9.90. The summed E-state index contributed by atoms with van der Waals surface area (Å²) in [6.45, 7) is 5.27. The Hall–Kier alpha value is -3.92. The SMILES string of the molecule is C=CC(=O)C[C@H]1CCOC[C@H]1Nc1ncc2cc(-c3c(Cl)c(OC)cc(OC)c3Cl)nc(NCCc3ccccc3)c2n1. The van der Waals surface area contributed by atoms with Crippen molar-refractivity contribution in [1.82, 2.24) is 15.0 Å². The minimum atomic E-state index is -0.126. The molecular weight excluding hydrogens is 589 g/mol. The summed E-state index contributed by atoms with van der Waals surface area (Å²) in [5.41, 5.74) is 2.79. The highest BCUT2D eigenvalue weighted by molar-refractivity contribution is 6.41. The number of carbonyl (C=O) groups is 1. The van der Waals surface area contributed by atoms with Crippen molar-refractivity contribution in [2.24, 2.45) is 5.92 Å². The second-order valence-electron chi connectivity index (χ2n) is 10.2. The Balaban J connectivity index is 1.54. The third-order valence-corrected chi connectivity index (χ3v) is 8.20. The number of allylic oxidation sites excluding steroid dienone is 1. The number of ketones is 1. The Kier molecular flexibility index (Phi) is 9.97. The number of carbonyl (C=O) groups excluding carboxylic acids is 1. The Morgan fingerprint density at radius 3 is 2.56 bits per heavy atom. The van der Waals surface area contributed by atoms with E-state index in [1.807, 2.05) is 24.3 Å². The van der Waals surface area contributed by atoms with Crippen molar-refractivity contribution in [2.45, 2.75) is 25.3 Å². The maximum absolute atomic E-state index is 12.1. The number of halogens is 2. The molecule has 1 aliphatic heterocycles. The normalized spacial score (nSPS) is 16.5. The zero-order valence-electron chi connectivity index (χ0n) is 24.0. The first kappa shape index (κ1) is 30.5. The first-order valence-electron chi connectivity index (χ1n) is 14.0. The van der Waals surface area contributed by atoms with Crippen LogP contribution in [0.5, 0.6) is 11.5 Å². The van der Waals surface area contributed by atoms with Crippen molar-refractivity contribution in [3.8, 4) is 22.8 Å². The average Bonchev–Trinajstić information content (AvgIpc) is 3.03. The number of nitrogens with zero attached hydrogens (tertiary/aromatic N) is 3. The summed E-state index contributed by atoms with van der Waals surface area (Å²) in [6, 6.07) is 13.5. The fraction of sp³-hybridized carbons (Fsp3) is 0.312. The van der Waals surface area contributed by atoms with Crippen molar-refractivity contribution in [3.05, 3.63) is 76.9 Å². The molecule has 4 aromatic rings. The molecule has 1 fully saturated rings. The van der Waals surface area contributed by atoms with Gasteiger partial charge in [0.1, 0.15) is 17.0 Å². The zero-order valence-corrected chi connectivity index (χ0v) is 25.5. The summed E-state index contributed by atoms with van der Waals surface area (Å²) in [5, 5.41) is 8.20. The van der Waals surface area contributed by atoms with Gasteiger partial charge in [-0.05, 0) is 36.5 Å². The van der Waals surface area contributed by atoms with Crippen LogP contribution in [0.4, 0.5) is 11.8 Å². The molecule has 0 spiro atoms. The molecule has 2 aromatic carbocycles. The molecular formula is C32H33Cl2N5O4. The highest BCUT2D eigenvalue weighted by Gasteiger charge is 2.28. The number of pyridine rings is 1. The van der Waals surface area contributed by atoms with Gasteiger partial charge in [-0.1, -0.05) is 60.1 Å². The van der Waals surface area contributed by atoms with Gasteiger partial charge in [-0.2, -0.15) is 0 Å². The van der Waals surface area contributed by atoms with Crippen molar-refractivity contribution in [1.29, 1.82) is 0 Å². The van der Waals surface area contributed by atoms with E-state index in [0.29, 0.717) is 76.3 Å². The number of aromatic nitrogens is 3. The number of fused-ring (bicyclic) bond motifs is 1. The lowest BCUT2D eigenvalue weighted by molar-refractivity contribution is -0.116. The van der Waals surface area contributed by atoms with E-state index in [1.165, 1.54) is 25.9 Å². The minimum Gasteiger partial charge on any atom is -0.495 e. The zero-order chi connectivity index (χ0) is 30.3. The summed E-state index contributed by atoms with van der Waals surface area (Å²) < 4.78 is 16.7. The standard InChI is InChI=1S/C32H33Cl2N5O4/c1-4-22(40)14-20-11-13-43-18-24(20)38-32-36-17-21-15-23(27-28(33)25(41-2)16-26(42-3)29(27)34)37-31(30(21)39-32)35-12-10-19-8-6-5-7-9-19/h4-9,15-17,20,24H,1,10-14,18H2,2-3H3,(H,35,37)(H,36,38,39)/t20-,24-/m1/s1. The fourth-order valence-electron chi connectivity index (χ4n) is 5.13. The number of rotatable bonds is 12. The van der Waals surface area contributed by atoms with Crippen molar-refractivity contribution in [3.63, 3.8) is 0 Å². The molecule has 2 aromatic heterocycles. The summed E-state index contributed by atoms with van der Waals surface area (Å²) in [5.74, 6) is 1.86. The fourth-order valence-corrected chi connectivity index (χ4v) is 5.83. The van der Waals surface area contributed by atoms with Gasteiger partial charge in [-0.25, -0.2) is 15.0 Å². The molecule has 224 valence electrons. The molecule has 0 unspecified atom stereocenters. The molecule has 2 N–H and O–H groups in total. The third kappa shape index (κ3) is 7.01. The molecule has 11 heteroatoms. The summed E-state index contributed by atoms with van der Waals surface area (Å²) in [7, 11) is 3.06. The van der Waals surface area contributed by atoms with Crippen molar-refractivity contribution >= 4 is 51.7 Å². The Morgan fingerprint density at radius 2 is 1.86 bits per heavy atom. The van der Waals surface area contributed by atoms with Crippen LogP contribution in [0.2, 0.25) is 10.0 Å². The number of benzene rings is 2. The molecule has 0 radical (unpaired) electrons. The number of hydrogen-bond acceptors (Lipinski definition) is 9. The number of hydrogen-bond donors (Lipinski definition) is 2. The first-order chi connectivity index (χ1) is 20.9. The summed E-state index contributed by atoms with van der Waals surface area (Å²) in [6.07, 6.45) is 5.02. The maximum Gasteiger partial charge on any atom is 0.223 e. The highest BCUT2D eigenvalue weighted by atomic mass is 35.5. The van der Waals surface area contributed by atoms with Gasteiger partial charge in [0, 0.05) is 42.8 Å². The van der Waals surface area contributed by atoms with Gasteiger partial charge < -0.3 is 24.8 Å². The predicted molar refractivity (Wildman–Crippen MR) is 171 cm³/mol. The van der Waals surface area contributed by atoms with Crippen LogP contribution in [0, 0.1) is 5.92 Å². The van der Waals surface area contributed by atoms with Crippen LogP contribution >= 0.6 is 23.2 Å². The van der Waals surface area contributed by atoms with E-state index in [9.17, 15) is 4.79 Å². The first-order valence-corrected chi connectivity index (χ1v) is 14.7. The molecule has 0 saturated carbocycles. The lowest BCUT2D eigenvalue weighted by Gasteiger charge is -2.31. The van der Waals surface area contributed by atoms with E-state index in [-0.39, 0.29) is 17.7 Å². The molecule has 2 atom stereocenters. The molecule has 5 rings (SSSR count). The van der Waals surface area contributed by atoms with Gasteiger partial charge in [0.2, 0.25) is 5.95 Å². The number of methoxy groups -OCH3 is 2. The van der Waals surface area contributed by atoms with Crippen LogP contribution in [0.1, 0.15) is 18.4 Å². The van der Waals surface area contributed by atoms with Crippen molar-refractivity contribution in [2.75, 3.05) is 44.6 Å². The van der Waals surface area contributed by atoms with Gasteiger partial charge in [-0.3, -0.25) is 4.79 Å². The summed E-state index contributed by atoms with van der Waals surface area (Å²) >= 11 is 13.5. The Labute approximate surface area is 260 Å². The topological polar surface area (TPSA) is 107 Å². The summed E-state index contributed by atoms with van der Waals surface area (Å²) in [4.78, 5) is 26.5. The van der Waals surface area contributed by atoms with Gasteiger partial charge in [-0.15, -0.1) is 0 Å². The molecule has 1 saturated heterocycles. The molecule has 0 amide bonds. The molecule has 0 aliphatic carbocycles. The van der Waals surface area contributed by atoms with Crippen LogP contribution in [-0.2, 0) is 16.0 Å². The molecule has 9 nitrogen and oxygen atoms in total. The van der Waals surface area contributed by atoms with E-state index in [2.05, 4.69) is 34.3 Å². The van der Waals surface area contributed by atoms with Crippen LogP contribution in [0.25, 0.3) is 22.2 Å². The highest BCUT2D eigenvalue weighted by Crippen LogP contribution is 2.46. The maximum atomic E-state index is 12.1. The van der Waals surface area contributed by atoms with Crippen LogP contribution < -0.4 is 20.1 Å². The average molecular weight is 623 g/mol. The van der Waals surface area contributed by atoms with Gasteiger partial charge in [0.15, 0.2) is 11.6 Å². The predicted octanol–water partition coefficient (Wildman–Crippen LogP) is 6.63. The van der Waals surface area contributed by atoms with E-state index in [0.717, 1.165) is 18.2 Å². The number of ether oxygens (including phenoxy) is 3. The molecule has 0 bridgehead atoms. The quantitative estimate of drug-likeness (QED) is 0.168. The Bertz CT molecular complexity index is 1590. The van der Waals surface area contributed by atoms with Crippen molar-refractivity contribution < 1.29 is 19.0 Å². The van der Waals surface area contributed by atoms with E-state index < -0.39 is 0 Å². The minimum absolute atomic E-state index is 0.00579. The van der Waals surface area contributed by atoms with Gasteiger partial charge >= 0.3 is 0 Å². The van der Waals surface area contributed by atoms with Gasteiger partial charge in [0.25, 0.3) is 0 Å². The van der Waals surface area contributed by atoms with E-state index in [1.54, 1.807) is 12.3 Å². The monoisotopic (exact) mass is 621 g/mol. The Morgan fingerprint density at radius 1 is 1.12 bits per heavy atom. The van der Waals surface area contributed by atoms with Gasteiger partial charge in [0.05, 0.1) is 42.6 Å².